The van der Waals surface area contributed by atoms with Crippen LogP contribution in [0.3, 0.4) is 0 Å². The molecule has 0 aromatic heterocycles. The van der Waals surface area contributed by atoms with Crippen LogP contribution in [0, 0.1) is 10.1 Å². The molecule has 1 aromatic rings. The minimum absolute atomic E-state index is 0.329. The maximum Gasteiger partial charge on any atom is 0.331 e. The topological polar surface area (TPSA) is 176 Å². The number of para-hydroxylation sites is 1. The van der Waals surface area contributed by atoms with Crippen LogP contribution >= 0.6 is 0 Å². The number of nitro groups is 1. The summed E-state index contributed by atoms with van der Waals surface area (Å²) in [5.74, 6) is -1.58. The zero-order valence-corrected chi connectivity index (χ0v) is 17.4. The normalized spacial score (nSPS) is 20.4. The Morgan fingerprint density at radius 2 is 2.03 bits per heavy atom. The van der Waals surface area contributed by atoms with Crippen molar-refractivity contribution in [1.82, 2.24) is 9.62 Å². The van der Waals surface area contributed by atoms with E-state index in [0.29, 0.717) is 0 Å². The van der Waals surface area contributed by atoms with Crippen molar-refractivity contribution in [3.8, 4) is 0 Å². The van der Waals surface area contributed by atoms with Gasteiger partial charge in [-0.05, 0) is 19.9 Å². The Labute approximate surface area is 172 Å². The van der Waals surface area contributed by atoms with Crippen molar-refractivity contribution in [2.75, 3.05) is 20.3 Å². The Kier molecular flexibility index (Phi) is 6.51. The standard InChI is InChI=1S/C17H23N3O9S/c1-16(2,15(24)29-3)19-10-17(14(19)23,8-11(22)9-21)18-30(27,28)13-7-5-4-6-12(13)20(25)26/h4-7,11,18,21-22H,8-10H2,1-3H3/t11?,17-/m1/s1. The van der Waals surface area contributed by atoms with Crippen LogP contribution in [0.15, 0.2) is 29.2 Å². The first-order valence-corrected chi connectivity index (χ1v) is 10.3. The molecule has 1 aromatic carbocycles. The fourth-order valence-electron chi connectivity index (χ4n) is 3.27. The zero-order chi connectivity index (χ0) is 22.9. The monoisotopic (exact) mass is 445 g/mol. The van der Waals surface area contributed by atoms with Gasteiger partial charge in [-0.2, -0.15) is 4.72 Å². The van der Waals surface area contributed by atoms with Crippen molar-refractivity contribution in [3.05, 3.63) is 34.4 Å². The van der Waals surface area contributed by atoms with Crippen molar-refractivity contribution in [3.63, 3.8) is 0 Å². The maximum atomic E-state index is 13.0. The highest BCUT2D eigenvalue weighted by molar-refractivity contribution is 7.89. The Morgan fingerprint density at radius 1 is 1.43 bits per heavy atom. The number of hydrogen-bond donors (Lipinski definition) is 3. The average molecular weight is 445 g/mol. The highest BCUT2D eigenvalue weighted by Crippen LogP contribution is 2.36. The number of carbonyl (C=O) groups is 2. The molecule has 2 rings (SSSR count). The molecule has 166 valence electrons. The van der Waals surface area contributed by atoms with Crippen LogP contribution in [-0.2, 0) is 24.3 Å². The van der Waals surface area contributed by atoms with Gasteiger partial charge in [0.15, 0.2) is 4.90 Å². The molecule has 1 saturated heterocycles. The number of nitrogens with zero attached hydrogens (tertiary/aromatic N) is 2. The molecular formula is C17H23N3O9S. The van der Waals surface area contributed by atoms with Gasteiger partial charge in [0.1, 0.15) is 11.1 Å². The van der Waals surface area contributed by atoms with Gasteiger partial charge in [0.2, 0.25) is 15.9 Å². The van der Waals surface area contributed by atoms with Crippen molar-refractivity contribution in [1.29, 1.82) is 0 Å². The largest absolute Gasteiger partial charge is 0.467 e. The van der Waals surface area contributed by atoms with Crippen LogP contribution in [-0.4, -0.2) is 77.8 Å². The minimum Gasteiger partial charge on any atom is -0.467 e. The van der Waals surface area contributed by atoms with Crippen molar-refractivity contribution < 1.29 is 37.9 Å². The lowest BCUT2D eigenvalue weighted by atomic mass is 9.80. The van der Waals surface area contributed by atoms with Crippen molar-refractivity contribution in [2.45, 2.75) is 42.3 Å². The predicted octanol–water partition coefficient (Wildman–Crippen LogP) is -0.851. The van der Waals surface area contributed by atoms with E-state index in [1.165, 1.54) is 26.0 Å². The van der Waals surface area contributed by atoms with E-state index >= 15 is 0 Å². The fraction of sp³-hybridized carbons (Fsp3) is 0.529. The average Bonchev–Trinajstić information content (AvgIpc) is 2.70. The van der Waals surface area contributed by atoms with E-state index in [9.17, 15) is 38.3 Å². The molecule has 1 unspecified atom stereocenters. The second kappa shape index (κ2) is 8.26. The van der Waals surface area contributed by atoms with Gasteiger partial charge in [-0.3, -0.25) is 14.9 Å². The van der Waals surface area contributed by atoms with Gasteiger partial charge in [0, 0.05) is 12.5 Å². The molecule has 3 N–H and O–H groups in total. The Morgan fingerprint density at radius 3 is 2.53 bits per heavy atom. The molecule has 0 aliphatic carbocycles. The van der Waals surface area contributed by atoms with E-state index in [1.807, 2.05) is 0 Å². The summed E-state index contributed by atoms with van der Waals surface area (Å²) in [6, 6.07) is 4.58. The zero-order valence-electron chi connectivity index (χ0n) is 16.6. The molecule has 0 spiro atoms. The first-order chi connectivity index (χ1) is 13.8. The summed E-state index contributed by atoms with van der Waals surface area (Å²) in [5.41, 5.74) is -4.03. The highest BCUT2D eigenvalue weighted by Gasteiger charge is 2.60. The number of hydrogen-bond acceptors (Lipinski definition) is 9. The number of likely N-dealkylation sites (tertiary alicyclic amines) is 1. The van der Waals surface area contributed by atoms with E-state index in [0.717, 1.165) is 24.1 Å². The molecule has 1 fully saturated rings. The lowest BCUT2D eigenvalue weighted by Crippen LogP contribution is -2.79. The van der Waals surface area contributed by atoms with Gasteiger partial charge in [-0.1, -0.05) is 12.1 Å². The van der Waals surface area contributed by atoms with Gasteiger partial charge in [0.25, 0.3) is 5.69 Å². The molecule has 30 heavy (non-hydrogen) atoms. The first-order valence-electron chi connectivity index (χ1n) is 8.79. The number of nitro benzene ring substituents is 1. The molecule has 2 atom stereocenters. The predicted molar refractivity (Wildman–Crippen MR) is 102 cm³/mol. The van der Waals surface area contributed by atoms with Crippen LogP contribution in [0.1, 0.15) is 20.3 Å². The molecule has 1 heterocycles. The summed E-state index contributed by atoms with van der Waals surface area (Å²) in [6.07, 6.45) is -1.96. The number of nitrogens with one attached hydrogen (secondary N) is 1. The smallest absolute Gasteiger partial charge is 0.331 e. The third-order valence-corrected chi connectivity index (χ3v) is 6.50. The number of methoxy groups -OCH3 is 1. The lowest BCUT2D eigenvalue weighted by Gasteiger charge is -2.54. The number of benzene rings is 1. The lowest BCUT2D eigenvalue weighted by molar-refractivity contribution is -0.387. The quantitative estimate of drug-likeness (QED) is 0.189. The van der Waals surface area contributed by atoms with Gasteiger partial charge in [-0.15, -0.1) is 0 Å². The van der Waals surface area contributed by atoms with Crippen LogP contribution in [0.5, 0.6) is 0 Å². The Bertz CT molecular complexity index is 963. The number of sulfonamides is 1. The number of ether oxygens (including phenoxy) is 1. The SMILES string of the molecule is COC(=O)C(C)(C)N1C[C@@](CC(O)CO)(NS(=O)(=O)c2ccccc2[N+](=O)[O-])C1=O. The second-order valence-corrected chi connectivity index (χ2v) is 9.05. The number of rotatable bonds is 9. The number of aliphatic hydroxyl groups excluding tert-OH is 2. The molecule has 0 bridgehead atoms. The molecule has 0 radical (unpaired) electrons. The number of β-lactam (4-membered cyclic amide) rings is 1. The summed E-state index contributed by atoms with van der Waals surface area (Å²) >= 11 is 0. The maximum absolute atomic E-state index is 13.0. The summed E-state index contributed by atoms with van der Waals surface area (Å²) in [6.45, 7) is 1.73. The summed E-state index contributed by atoms with van der Waals surface area (Å²) in [7, 11) is -3.45. The third kappa shape index (κ3) is 4.14. The highest BCUT2D eigenvalue weighted by atomic mass is 32.2. The molecule has 12 nitrogen and oxygen atoms in total. The van der Waals surface area contributed by atoms with E-state index in [-0.39, 0.29) is 6.54 Å². The van der Waals surface area contributed by atoms with Crippen LogP contribution < -0.4 is 4.72 Å². The van der Waals surface area contributed by atoms with E-state index in [4.69, 9.17) is 0 Å². The van der Waals surface area contributed by atoms with Crippen molar-refractivity contribution >= 4 is 27.6 Å². The van der Waals surface area contributed by atoms with Gasteiger partial charge in [0.05, 0.1) is 31.3 Å². The molecule has 1 aliphatic rings. The van der Waals surface area contributed by atoms with Crippen LogP contribution in [0.25, 0.3) is 0 Å². The number of carbonyl (C=O) groups excluding carboxylic acids is 2. The van der Waals surface area contributed by atoms with E-state index in [1.54, 1.807) is 0 Å². The van der Waals surface area contributed by atoms with Crippen LogP contribution in [0.4, 0.5) is 5.69 Å². The third-order valence-electron chi connectivity index (χ3n) is 4.92. The molecular weight excluding hydrogens is 422 g/mol. The number of amides is 1. The molecule has 13 heteroatoms. The van der Waals surface area contributed by atoms with Gasteiger partial charge in [-0.25, -0.2) is 13.2 Å². The minimum atomic E-state index is -4.58. The molecule has 1 amide bonds. The van der Waals surface area contributed by atoms with Crippen LogP contribution in [0.2, 0.25) is 0 Å². The van der Waals surface area contributed by atoms with Gasteiger partial charge >= 0.3 is 5.97 Å². The Hall–Kier alpha value is -2.61. The molecule has 1 aliphatic heterocycles. The summed E-state index contributed by atoms with van der Waals surface area (Å²) in [5, 5.41) is 30.3. The van der Waals surface area contributed by atoms with Gasteiger partial charge < -0.3 is 19.8 Å². The first kappa shape index (κ1) is 23.7. The molecule has 0 saturated carbocycles. The second-order valence-electron chi connectivity index (χ2n) is 7.39. The van der Waals surface area contributed by atoms with E-state index < -0.39 is 67.6 Å². The number of aliphatic hydroxyl groups is 2. The number of esters is 1. The van der Waals surface area contributed by atoms with Crippen molar-refractivity contribution in [2.24, 2.45) is 0 Å². The fourth-order valence-corrected chi connectivity index (χ4v) is 4.81. The summed E-state index contributed by atoms with van der Waals surface area (Å²) < 4.78 is 32.6. The Balaban J connectivity index is 2.44. The summed E-state index contributed by atoms with van der Waals surface area (Å²) in [4.78, 5) is 35.7. The van der Waals surface area contributed by atoms with E-state index in [2.05, 4.69) is 9.46 Å².